The molecule has 0 saturated carbocycles. The maximum Gasteiger partial charge on any atom is 0.261 e. The van der Waals surface area contributed by atoms with Crippen molar-refractivity contribution in [2.75, 3.05) is 0 Å². The molecule has 0 unspecified atom stereocenters. The van der Waals surface area contributed by atoms with Crippen LogP contribution in [0.3, 0.4) is 0 Å². The molecule has 1 aromatic carbocycles. The lowest BCUT2D eigenvalue weighted by atomic mass is 10.1. The lowest BCUT2D eigenvalue weighted by molar-refractivity contribution is -0.127. The van der Waals surface area contributed by atoms with Gasteiger partial charge in [-0.3, -0.25) is 9.48 Å². The Morgan fingerprint density at radius 2 is 2.13 bits per heavy atom. The number of nitrogens with one attached hydrogen (secondary N) is 1. The highest BCUT2D eigenvalue weighted by molar-refractivity contribution is 6.32. The van der Waals surface area contributed by atoms with Gasteiger partial charge >= 0.3 is 0 Å². The normalized spacial score (nSPS) is 13.5. The molecule has 1 amide bonds. The standard InChI is InChI=1S/C16H19ClFN3O2/c1-9(13-8-21(4)20-10(13)2)19-16(22)11(3)23-15-6-5-12(18)7-14(15)17/h5-9,11H,1-4H3,(H,19,22)/t9-,11+/m1/s1. The van der Waals surface area contributed by atoms with E-state index in [-0.39, 0.29) is 22.7 Å². The molecule has 0 spiro atoms. The number of aryl methyl sites for hydroxylation is 2. The van der Waals surface area contributed by atoms with Crippen LogP contribution in [-0.2, 0) is 11.8 Å². The van der Waals surface area contributed by atoms with Gasteiger partial charge < -0.3 is 10.1 Å². The van der Waals surface area contributed by atoms with E-state index in [0.29, 0.717) is 0 Å². The second-order valence-electron chi connectivity index (χ2n) is 5.41. The third-order valence-corrected chi connectivity index (χ3v) is 3.74. The summed E-state index contributed by atoms with van der Waals surface area (Å²) in [5, 5.41) is 7.25. The van der Waals surface area contributed by atoms with E-state index in [1.165, 1.54) is 12.1 Å². The van der Waals surface area contributed by atoms with E-state index in [9.17, 15) is 9.18 Å². The number of hydrogen-bond donors (Lipinski definition) is 1. The van der Waals surface area contributed by atoms with Crippen molar-refractivity contribution in [1.82, 2.24) is 15.1 Å². The molecule has 0 radical (unpaired) electrons. The van der Waals surface area contributed by atoms with E-state index in [1.807, 2.05) is 27.1 Å². The fourth-order valence-corrected chi connectivity index (χ4v) is 2.48. The highest BCUT2D eigenvalue weighted by Gasteiger charge is 2.20. The quantitative estimate of drug-likeness (QED) is 0.910. The Hall–Kier alpha value is -2.08. The van der Waals surface area contributed by atoms with Gasteiger partial charge in [0.2, 0.25) is 0 Å². The van der Waals surface area contributed by atoms with E-state index in [0.717, 1.165) is 17.3 Å². The molecule has 0 bridgehead atoms. The molecule has 1 N–H and O–H groups in total. The van der Waals surface area contributed by atoms with Gasteiger partial charge in [0, 0.05) is 18.8 Å². The zero-order valence-electron chi connectivity index (χ0n) is 13.4. The first kappa shape index (κ1) is 17.3. The van der Waals surface area contributed by atoms with Gasteiger partial charge in [-0.05, 0) is 39.0 Å². The van der Waals surface area contributed by atoms with Gasteiger partial charge in [-0.2, -0.15) is 5.10 Å². The second kappa shape index (κ2) is 7.00. The lowest BCUT2D eigenvalue weighted by Crippen LogP contribution is -2.37. The fraction of sp³-hybridized carbons (Fsp3) is 0.375. The molecular weight excluding hydrogens is 321 g/mol. The van der Waals surface area contributed by atoms with Gasteiger partial charge in [0.15, 0.2) is 6.10 Å². The molecule has 0 aliphatic carbocycles. The molecule has 2 atom stereocenters. The summed E-state index contributed by atoms with van der Waals surface area (Å²) in [5.74, 6) is -0.484. The maximum atomic E-state index is 13.0. The summed E-state index contributed by atoms with van der Waals surface area (Å²) in [4.78, 5) is 12.2. The first-order valence-corrected chi connectivity index (χ1v) is 7.58. The van der Waals surface area contributed by atoms with Gasteiger partial charge in [0.05, 0.1) is 16.8 Å². The van der Waals surface area contributed by atoms with Crippen LogP contribution >= 0.6 is 11.6 Å². The van der Waals surface area contributed by atoms with Crippen molar-refractivity contribution >= 4 is 17.5 Å². The molecule has 0 saturated heterocycles. The van der Waals surface area contributed by atoms with Gasteiger partial charge in [-0.25, -0.2) is 4.39 Å². The monoisotopic (exact) mass is 339 g/mol. The molecule has 1 aromatic heterocycles. The average molecular weight is 340 g/mol. The number of rotatable bonds is 5. The minimum atomic E-state index is -0.766. The predicted molar refractivity (Wildman–Crippen MR) is 86.0 cm³/mol. The minimum absolute atomic E-state index is 0.126. The molecule has 23 heavy (non-hydrogen) atoms. The van der Waals surface area contributed by atoms with E-state index in [4.69, 9.17) is 16.3 Å². The second-order valence-corrected chi connectivity index (χ2v) is 5.82. The van der Waals surface area contributed by atoms with Gasteiger partial charge in [-0.15, -0.1) is 0 Å². The largest absolute Gasteiger partial charge is 0.479 e. The summed E-state index contributed by atoms with van der Waals surface area (Å²) in [6, 6.07) is 3.57. The van der Waals surface area contributed by atoms with Crippen LogP contribution in [0.15, 0.2) is 24.4 Å². The van der Waals surface area contributed by atoms with Crippen LogP contribution in [0.2, 0.25) is 5.02 Å². The zero-order chi connectivity index (χ0) is 17.1. The van der Waals surface area contributed by atoms with Crippen molar-refractivity contribution in [2.24, 2.45) is 7.05 Å². The number of halogens is 2. The van der Waals surface area contributed by atoms with Gasteiger partial charge in [-0.1, -0.05) is 11.6 Å². The minimum Gasteiger partial charge on any atom is -0.479 e. The zero-order valence-corrected chi connectivity index (χ0v) is 14.2. The average Bonchev–Trinajstić information content (AvgIpc) is 2.80. The Morgan fingerprint density at radius 1 is 1.43 bits per heavy atom. The Balaban J connectivity index is 2.01. The Bertz CT molecular complexity index is 717. The summed E-state index contributed by atoms with van der Waals surface area (Å²) >= 11 is 5.90. The highest BCUT2D eigenvalue weighted by Crippen LogP contribution is 2.26. The van der Waals surface area contributed by atoms with Crippen molar-refractivity contribution < 1.29 is 13.9 Å². The number of benzene rings is 1. The number of amides is 1. The molecule has 0 aliphatic heterocycles. The molecule has 1 heterocycles. The van der Waals surface area contributed by atoms with E-state index >= 15 is 0 Å². The molecule has 2 rings (SSSR count). The summed E-state index contributed by atoms with van der Waals surface area (Å²) in [5.41, 5.74) is 1.79. The van der Waals surface area contributed by atoms with Crippen LogP contribution in [0.25, 0.3) is 0 Å². The summed E-state index contributed by atoms with van der Waals surface area (Å²) < 4.78 is 20.2. The lowest BCUT2D eigenvalue weighted by Gasteiger charge is -2.19. The summed E-state index contributed by atoms with van der Waals surface area (Å²) in [7, 11) is 1.83. The van der Waals surface area contributed by atoms with Gasteiger partial charge in [0.1, 0.15) is 11.6 Å². The van der Waals surface area contributed by atoms with E-state index in [1.54, 1.807) is 11.6 Å². The third kappa shape index (κ3) is 4.22. The number of ether oxygens (including phenoxy) is 1. The number of carbonyl (C=O) groups excluding carboxylic acids is 1. The molecule has 7 heteroatoms. The third-order valence-electron chi connectivity index (χ3n) is 3.44. The van der Waals surface area contributed by atoms with Crippen LogP contribution in [0.5, 0.6) is 5.75 Å². The Labute approximate surface area is 139 Å². The van der Waals surface area contributed by atoms with Crippen molar-refractivity contribution in [1.29, 1.82) is 0 Å². The summed E-state index contributed by atoms with van der Waals surface area (Å²) in [6.45, 7) is 5.37. The molecule has 5 nitrogen and oxygen atoms in total. The first-order chi connectivity index (χ1) is 10.8. The smallest absolute Gasteiger partial charge is 0.261 e. The van der Waals surface area contributed by atoms with Crippen molar-refractivity contribution in [3.8, 4) is 5.75 Å². The highest BCUT2D eigenvalue weighted by atomic mass is 35.5. The number of carbonyl (C=O) groups is 1. The SMILES string of the molecule is Cc1nn(C)cc1[C@@H](C)NC(=O)[C@H](C)Oc1ccc(F)cc1Cl. The fourth-order valence-electron chi connectivity index (χ4n) is 2.27. The molecule has 0 aliphatic rings. The molecular formula is C16H19ClFN3O2. The van der Waals surface area contributed by atoms with Crippen molar-refractivity contribution in [2.45, 2.75) is 32.9 Å². The molecule has 0 fully saturated rings. The van der Waals surface area contributed by atoms with E-state index < -0.39 is 11.9 Å². The van der Waals surface area contributed by atoms with Gasteiger partial charge in [0.25, 0.3) is 5.91 Å². The van der Waals surface area contributed by atoms with Crippen LogP contribution < -0.4 is 10.1 Å². The van der Waals surface area contributed by atoms with Crippen LogP contribution in [0, 0.1) is 12.7 Å². The maximum absolute atomic E-state index is 13.0. The topological polar surface area (TPSA) is 56.2 Å². The predicted octanol–water partition coefficient (Wildman–Crippen LogP) is 3.17. The number of nitrogens with zero attached hydrogens (tertiary/aromatic N) is 2. The Kier molecular flexibility index (Phi) is 5.26. The van der Waals surface area contributed by atoms with Crippen molar-refractivity contribution in [3.63, 3.8) is 0 Å². The first-order valence-electron chi connectivity index (χ1n) is 7.20. The van der Waals surface area contributed by atoms with Crippen LogP contribution in [0.4, 0.5) is 4.39 Å². The number of aromatic nitrogens is 2. The molecule has 124 valence electrons. The van der Waals surface area contributed by atoms with E-state index in [2.05, 4.69) is 10.4 Å². The van der Waals surface area contributed by atoms with Crippen molar-refractivity contribution in [3.05, 3.63) is 46.5 Å². The summed E-state index contributed by atoms with van der Waals surface area (Å²) in [6.07, 6.45) is 1.10. The van der Waals surface area contributed by atoms with Crippen LogP contribution in [-0.4, -0.2) is 21.8 Å². The Morgan fingerprint density at radius 3 is 2.70 bits per heavy atom. The van der Waals surface area contributed by atoms with Crippen LogP contribution in [0.1, 0.15) is 31.1 Å². The molecule has 2 aromatic rings. The number of hydrogen-bond acceptors (Lipinski definition) is 3.